The fraction of sp³-hybridized carbons (Fsp3) is 0.476. The molecule has 0 aliphatic carbocycles. The Bertz CT molecular complexity index is 1030. The first-order valence-electron chi connectivity index (χ1n) is 10.3. The van der Waals surface area contributed by atoms with Crippen LogP contribution in [-0.4, -0.2) is 62.9 Å². The molecule has 0 saturated carbocycles. The Morgan fingerprint density at radius 3 is 2.90 bits per heavy atom. The molecule has 3 amide bonds. The maximum absolute atomic E-state index is 13.5. The number of rotatable bonds is 3. The number of hydrogen-bond acceptors (Lipinski definition) is 4. The molecule has 2 aliphatic heterocycles. The van der Waals surface area contributed by atoms with Crippen molar-refractivity contribution in [3.8, 4) is 0 Å². The molecule has 0 spiro atoms. The molecule has 3 heterocycles. The first-order chi connectivity index (χ1) is 14.8. The summed E-state index contributed by atoms with van der Waals surface area (Å²) in [5.74, 6) is -0.653. The van der Waals surface area contributed by atoms with Gasteiger partial charge in [0.1, 0.15) is 11.5 Å². The summed E-state index contributed by atoms with van der Waals surface area (Å²) < 4.78 is 15.4. The summed E-state index contributed by atoms with van der Waals surface area (Å²) in [6, 6.07) is 3.96. The molecule has 0 fully saturated rings. The van der Waals surface area contributed by atoms with E-state index in [1.807, 2.05) is 6.92 Å². The molecule has 31 heavy (non-hydrogen) atoms. The number of anilines is 1. The van der Waals surface area contributed by atoms with E-state index in [-0.39, 0.29) is 28.9 Å². The van der Waals surface area contributed by atoms with Crippen molar-refractivity contribution in [3.63, 3.8) is 0 Å². The molecule has 1 aromatic carbocycles. The molecule has 0 saturated heterocycles. The van der Waals surface area contributed by atoms with Crippen molar-refractivity contribution in [1.82, 2.24) is 19.6 Å². The summed E-state index contributed by atoms with van der Waals surface area (Å²) in [6.07, 6.45) is 0.629. The molecule has 4 rings (SSSR count). The van der Waals surface area contributed by atoms with Gasteiger partial charge in [-0.2, -0.15) is 5.10 Å². The number of carbonyl (C=O) groups excluding carboxylic acids is 2. The molecular weight excluding hydrogens is 469 g/mol. The van der Waals surface area contributed by atoms with Crippen molar-refractivity contribution in [2.75, 3.05) is 25.5 Å². The van der Waals surface area contributed by atoms with Gasteiger partial charge in [-0.1, -0.05) is 6.92 Å². The highest BCUT2D eigenvalue weighted by atomic mass is 79.9. The van der Waals surface area contributed by atoms with E-state index in [4.69, 9.17) is 0 Å². The molecule has 0 bridgehead atoms. The van der Waals surface area contributed by atoms with Crippen LogP contribution in [0.25, 0.3) is 0 Å². The van der Waals surface area contributed by atoms with E-state index in [1.54, 1.807) is 21.5 Å². The SMILES string of the molecule is CC[C@H](O)[C@@H]1CN(C)C(=O)c2c3c(nn2C1)CCN(C(=O)Nc1ccc(F)c(Br)c1)C3. The van der Waals surface area contributed by atoms with Crippen LogP contribution in [-0.2, 0) is 19.5 Å². The van der Waals surface area contributed by atoms with Crippen LogP contribution in [0, 0.1) is 11.7 Å². The average molecular weight is 494 g/mol. The molecule has 166 valence electrons. The van der Waals surface area contributed by atoms with Crippen LogP contribution in [0.5, 0.6) is 0 Å². The maximum atomic E-state index is 13.5. The Hall–Kier alpha value is -2.46. The van der Waals surface area contributed by atoms with Gasteiger partial charge in [-0.25, -0.2) is 9.18 Å². The molecule has 8 nitrogen and oxygen atoms in total. The fourth-order valence-corrected chi connectivity index (χ4v) is 4.60. The van der Waals surface area contributed by atoms with Gasteiger partial charge in [0.15, 0.2) is 0 Å². The predicted molar refractivity (Wildman–Crippen MR) is 116 cm³/mol. The number of nitrogens with zero attached hydrogens (tertiary/aromatic N) is 4. The van der Waals surface area contributed by atoms with Crippen molar-refractivity contribution in [3.05, 3.63) is 45.4 Å². The van der Waals surface area contributed by atoms with Crippen LogP contribution in [0.4, 0.5) is 14.9 Å². The number of carbonyl (C=O) groups is 2. The summed E-state index contributed by atoms with van der Waals surface area (Å²) in [5, 5.41) is 17.8. The summed E-state index contributed by atoms with van der Waals surface area (Å²) in [6.45, 7) is 3.56. The van der Waals surface area contributed by atoms with Gasteiger partial charge in [-0.3, -0.25) is 9.48 Å². The molecule has 2 atom stereocenters. The second kappa shape index (κ2) is 8.58. The third-order valence-electron chi connectivity index (χ3n) is 5.99. The van der Waals surface area contributed by atoms with Gasteiger partial charge in [-0.05, 0) is 40.5 Å². The van der Waals surface area contributed by atoms with Gasteiger partial charge in [0.2, 0.25) is 0 Å². The Labute approximate surface area is 188 Å². The van der Waals surface area contributed by atoms with Crippen molar-refractivity contribution < 1.29 is 19.1 Å². The Morgan fingerprint density at radius 1 is 1.42 bits per heavy atom. The van der Waals surface area contributed by atoms with Gasteiger partial charge in [-0.15, -0.1) is 0 Å². The number of hydrogen-bond donors (Lipinski definition) is 2. The lowest BCUT2D eigenvalue weighted by Crippen LogP contribution is -2.40. The van der Waals surface area contributed by atoms with E-state index < -0.39 is 11.9 Å². The van der Waals surface area contributed by atoms with Gasteiger partial charge in [0.25, 0.3) is 5.91 Å². The highest BCUT2D eigenvalue weighted by molar-refractivity contribution is 9.10. The summed E-state index contributed by atoms with van der Waals surface area (Å²) >= 11 is 3.12. The zero-order valence-electron chi connectivity index (χ0n) is 17.4. The zero-order valence-corrected chi connectivity index (χ0v) is 19.0. The number of aliphatic hydroxyl groups is 1. The molecule has 10 heteroatoms. The Morgan fingerprint density at radius 2 is 2.19 bits per heavy atom. The Kier molecular flexibility index (Phi) is 6.02. The lowest BCUT2D eigenvalue weighted by Gasteiger charge is -2.27. The van der Waals surface area contributed by atoms with Crippen LogP contribution in [0.15, 0.2) is 22.7 Å². The van der Waals surface area contributed by atoms with Crippen LogP contribution in [0.3, 0.4) is 0 Å². The smallest absolute Gasteiger partial charge is 0.322 e. The third-order valence-corrected chi connectivity index (χ3v) is 6.59. The number of fused-ring (bicyclic) bond motifs is 3. The average Bonchev–Trinajstić information content (AvgIpc) is 3.05. The fourth-order valence-electron chi connectivity index (χ4n) is 4.22. The first kappa shape index (κ1) is 21.8. The topological polar surface area (TPSA) is 90.7 Å². The largest absolute Gasteiger partial charge is 0.393 e. The molecule has 0 radical (unpaired) electrons. The molecule has 2 aromatic rings. The highest BCUT2D eigenvalue weighted by Crippen LogP contribution is 2.28. The predicted octanol–water partition coefficient (Wildman–Crippen LogP) is 2.85. The van der Waals surface area contributed by atoms with Crippen molar-refractivity contribution in [2.24, 2.45) is 5.92 Å². The molecule has 0 unspecified atom stereocenters. The minimum absolute atomic E-state index is 0.0992. The maximum Gasteiger partial charge on any atom is 0.322 e. The number of benzene rings is 1. The number of nitrogens with one attached hydrogen (secondary N) is 1. The van der Waals surface area contributed by atoms with E-state index >= 15 is 0 Å². The highest BCUT2D eigenvalue weighted by Gasteiger charge is 2.36. The second-order valence-electron chi connectivity index (χ2n) is 8.11. The first-order valence-corrected chi connectivity index (χ1v) is 11.1. The summed E-state index contributed by atoms with van der Waals surface area (Å²) in [7, 11) is 1.73. The van der Waals surface area contributed by atoms with Gasteiger partial charge < -0.3 is 20.2 Å². The lowest BCUT2D eigenvalue weighted by atomic mass is 10.0. The molecular formula is C21H25BrFN5O3. The minimum atomic E-state index is -0.514. The van der Waals surface area contributed by atoms with Crippen LogP contribution in [0.1, 0.15) is 35.1 Å². The molecule has 1 aromatic heterocycles. The summed E-state index contributed by atoms with van der Waals surface area (Å²) in [4.78, 5) is 29.1. The van der Waals surface area contributed by atoms with E-state index in [1.165, 1.54) is 18.2 Å². The van der Waals surface area contributed by atoms with E-state index in [0.29, 0.717) is 43.9 Å². The number of amides is 3. The van der Waals surface area contributed by atoms with Crippen molar-refractivity contribution in [1.29, 1.82) is 0 Å². The van der Waals surface area contributed by atoms with Gasteiger partial charge >= 0.3 is 6.03 Å². The quantitative estimate of drug-likeness (QED) is 0.687. The van der Waals surface area contributed by atoms with Crippen molar-refractivity contribution >= 4 is 33.6 Å². The second-order valence-corrected chi connectivity index (χ2v) is 8.96. The van der Waals surface area contributed by atoms with E-state index in [2.05, 4.69) is 26.3 Å². The minimum Gasteiger partial charge on any atom is -0.393 e. The molecule has 2 aliphatic rings. The van der Waals surface area contributed by atoms with Crippen LogP contribution >= 0.6 is 15.9 Å². The van der Waals surface area contributed by atoms with Crippen molar-refractivity contribution in [2.45, 2.75) is 39.0 Å². The standard InChI is InChI=1S/C21H25BrFN5O3/c1-3-18(29)12-9-26(2)20(30)19-14-11-27(7-6-17(14)25-28(19)10-12)21(31)24-13-4-5-16(23)15(22)8-13/h4-5,8,12,18,29H,3,6-7,9-11H2,1-2H3,(H,24,31)/t12-,18+/m1/s1. The zero-order chi connectivity index (χ0) is 22.3. The van der Waals surface area contributed by atoms with Gasteiger partial charge in [0, 0.05) is 50.3 Å². The van der Waals surface area contributed by atoms with Gasteiger partial charge in [0.05, 0.1) is 22.8 Å². The van der Waals surface area contributed by atoms with E-state index in [0.717, 1.165) is 11.3 Å². The molecule has 2 N–H and O–H groups in total. The monoisotopic (exact) mass is 493 g/mol. The van der Waals surface area contributed by atoms with E-state index in [9.17, 15) is 19.1 Å². The Balaban J connectivity index is 1.57. The van der Waals surface area contributed by atoms with Crippen LogP contribution < -0.4 is 5.32 Å². The number of halogens is 2. The number of aliphatic hydroxyl groups excluding tert-OH is 1. The lowest BCUT2D eigenvalue weighted by molar-refractivity contribution is 0.0626. The third kappa shape index (κ3) is 4.18. The number of aromatic nitrogens is 2. The van der Waals surface area contributed by atoms with Crippen LogP contribution in [0.2, 0.25) is 0 Å². The normalized spacial score (nSPS) is 19.5. The number of urea groups is 1. The summed E-state index contributed by atoms with van der Waals surface area (Å²) in [5.41, 5.74) is 2.54.